The number of ether oxygens (including phenoxy) is 1. The maximum atomic E-state index is 12.2. The van der Waals surface area contributed by atoms with Crippen molar-refractivity contribution in [1.29, 1.82) is 0 Å². The fraction of sp³-hybridized carbons (Fsp3) is 0.278. The molecule has 0 bridgehead atoms. The van der Waals surface area contributed by atoms with Gasteiger partial charge in [-0.15, -0.1) is 0 Å². The standard InChI is InChI=1S/C18H22N2O4S/c1-24-16-10-8-15(9-11-16)17(20-25(2,22)23)12-18(21)19-13-14-6-4-3-5-7-14/h3-11,17,20H,12-13H2,1-2H3,(H,19,21)/t17-/m1/s1. The molecule has 0 aliphatic heterocycles. The summed E-state index contributed by atoms with van der Waals surface area (Å²) < 4.78 is 30.9. The molecule has 1 amide bonds. The SMILES string of the molecule is COc1ccc([C@@H](CC(=O)NCc2ccccc2)NS(C)(=O)=O)cc1. The third kappa shape index (κ3) is 6.56. The normalized spacial score (nSPS) is 12.4. The highest BCUT2D eigenvalue weighted by atomic mass is 32.2. The van der Waals surface area contributed by atoms with Crippen LogP contribution in [0.4, 0.5) is 0 Å². The first-order chi connectivity index (χ1) is 11.9. The molecule has 0 fully saturated rings. The van der Waals surface area contributed by atoms with Crippen molar-refractivity contribution in [2.45, 2.75) is 19.0 Å². The van der Waals surface area contributed by atoms with Gasteiger partial charge in [0.25, 0.3) is 0 Å². The lowest BCUT2D eigenvalue weighted by atomic mass is 10.0. The summed E-state index contributed by atoms with van der Waals surface area (Å²) in [5, 5.41) is 2.81. The summed E-state index contributed by atoms with van der Waals surface area (Å²) in [7, 11) is -1.91. The molecule has 25 heavy (non-hydrogen) atoms. The zero-order chi connectivity index (χ0) is 18.3. The number of carbonyl (C=O) groups is 1. The minimum absolute atomic E-state index is 0.00618. The molecule has 2 rings (SSSR count). The molecule has 0 spiro atoms. The topological polar surface area (TPSA) is 84.5 Å². The lowest BCUT2D eigenvalue weighted by Gasteiger charge is -2.18. The molecule has 0 saturated heterocycles. The maximum Gasteiger partial charge on any atom is 0.222 e. The Morgan fingerprint density at radius 3 is 2.28 bits per heavy atom. The third-order valence-corrected chi connectivity index (χ3v) is 4.31. The highest BCUT2D eigenvalue weighted by Gasteiger charge is 2.19. The van der Waals surface area contributed by atoms with E-state index in [-0.39, 0.29) is 12.3 Å². The summed E-state index contributed by atoms with van der Waals surface area (Å²) in [5.41, 5.74) is 1.68. The number of rotatable bonds is 8. The van der Waals surface area contributed by atoms with Gasteiger partial charge in [-0.3, -0.25) is 4.79 Å². The van der Waals surface area contributed by atoms with Crippen LogP contribution in [-0.4, -0.2) is 27.7 Å². The first-order valence-electron chi connectivity index (χ1n) is 7.79. The van der Waals surface area contributed by atoms with Crippen LogP contribution in [0.2, 0.25) is 0 Å². The Labute approximate surface area is 148 Å². The van der Waals surface area contributed by atoms with Gasteiger partial charge in [0.05, 0.1) is 19.4 Å². The van der Waals surface area contributed by atoms with Crippen molar-refractivity contribution in [3.63, 3.8) is 0 Å². The van der Waals surface area contributed by atoms with Crippen molar-refractivity contribution in [3.8, 4) is 5.75 Å². The van der Waals surface area contributed by atoms with E-state index in [4.69, 9.17) is 4.74 Å². The van der Waals surface area contributed by atoms with Crippen LogP contribution >= 0.6 is 0 Å². The summed E-state index contributed by atoms with van der Waals surface area (Å²) in [5.74, 6) is 0.427. The van der Waals surface area contributed by atoms with Crippen LogP contribution in [0.5, 0.6) is 5.75 Å². The van der Waals surface area contributed by atoms with Crippen molar-refractivity contribution in [3.05, 3.63) is 65.7 Å². The van der Waals surface area contributed by atoms with Gasteiger partial charge in [0, 0.05) is 13.0 Å². The molecule has 134 valence electrons. The van der Waals surface area contributed by atoms with Crippen LogP contribution < -0.4 is 14.8 Å². The molecule has 0 aliphatic rings. The number of sulfonamides is 1. The smallest absolute Gasteiger partial charge is 0.222 e. The third-order valence-electron chi connectivity index (χ3n) is 3.60. The lowest BCUT2D eigenvalue weighted by molar-refractivity contribution is -0.121. The molecule has 2 N–H and O–H groups in total. The first kappa shape index (κ1) is 19.0. The van der Waals surface area contributed by atoms with E-state index in [9.17, 15) is 13.2 Å². The lowest BCUT2D eigenvalue weighted by Crippen LogP contribution is -2.33. The van der Waals surface area contributed by atoms with Crippen LogP contribution in [-0.2, 0) is 21.4 Å². The number of methoxy groups -OCH3 is 1. The highest BCUT2D eigenvalue weighted by molar-refractivity contribution is 7.88. The van der Waals surface area contributed by atoms with E-state index < -0.39 is 16.1 Å². The number of carbonyl (C=O) groups excluding carboxylic acids is 1. The molecule has 2 aromatic carbocycles. The molecule has 0 heterocycles. The largest absolute Gasteiger partial charge is 0.497 e. The second-order valence-electron chi connectivity index (χ2n) is 5.68. The van der Waals surface area contributed by atoms with Gasteiger partial charge in [-0.2, -0.15) is 0 Å². The second kappa shape index (κ2) is 8.64. The number of amides is 1. The zero-order valence-corrected chi connectivity index (χ0v) is 15.0. The number of hydrogen-bond acceptors (Lipinski definition) is 4. The minimum atomic E-state index is -3.46. The van der Waals surface area contributed by atoms with Crippen molar-refractivity contribution in [1.82, 2.24) is 10.0 Å². The van der Waals surface area contributed by atoms with Gasteiger partial charge in [-0.25, -0.2) is 13.1 Å². The Balaban J connectivity index is 2.05. The number of hydrogen-bond donors (Lipinski definition) is 2. The van der Waals surface area contributed by atoms with Gasteiger partial charge in [0.15, 0.2) is 0 Å². The van der Waals surface area contributed by atoms with E-state index >= 15 is 0 Å². The average Bonchev–Trinajstić information content (AvgIpc) is 2.59. The summed E-state index contributed by atoms with van der Waals surface area (Å²) in [6.07, 6.45) is 1.08. The number of benzene rings is 2. The Morgan fingerprint density at radius 2 is 1.72 bits per heavy atom. The van der Waals surface area contributed by atoms with E-state index in [1.807, 2.05) is 30.3 Å². The fourth-order valence-electron chi connectivity index (χ4n) is 2.38. The minimum Gasteiger partial charge on any atom is -0.497 e. The van der Waals surface area contributed by atoms with Gasteiger partial charge in [0.2, 0.25) is 15.9 Å². The molecule has 7 heteroatoms. The molecule has 0 aliphatic carbocycles. The van der Waals surface area contributed by atoms with Gasteiger partial charge < -0.3 is 10.1 Å². The average molecular weight is 362 g/mol. The van der Waals surface area contributed by atoms with Crippen molar-refractivity contribution < 1.29 is 17.9 Å². The molecule has 0 radical (unpaired) electrons. The van der Waals surface area contributed by atoms with E-state index in [1.54, 1.807) is 31.4 Å². The van der Waals surface area contributed by atoms with Crippen LogP contribution in [0.1, 0.15) is 23.6 Å². The predicted molar refractivity (Wildman–Crippen MR) is 96.6 cm³/mol. The quantitative estimate of drug-likeness (QED) is 0.752. The molecule has 2 aromatic rings. The number of nitrogens with one attached hydrogen (secondary N) is 2. The molecular formula is C18H22N2O4S. The maximum absolute atomic E-state index is 12.2. The Bertz CT molecular complexity index is 790. The molecule has 1 atom stereocenters. The van der Waals surface area contributed by atoms with E-state index in [0.717, 1.165) is 11.8 Å². The second-order valence-corrected chi connectivity index (χ2v) is 7.46. The molecule has 0 unspecified atom stereocenters. The van der Waals surface area contributed by atoms with Crippen LogP contribution in [0.15, 0.2) is 54.6 Å². The van der Waals surface area contributed by atoms with Crippen LogP contribution in [0.3, 0.4) is 0 Å². The summed E-state index contributed by atoms with van der Waals surface area (Å²) >= 11 is 0. The van der Waals surface area contributed by atoms with Gasteiger partial charge in [-0.05, 0) is 23.3 Å². The van der Waals surface area contributed by atoms with Crippen molar-refractivity contribution in [2.24, 2.45) is 0 Å². The van der Waals surface area contributed by atoms with E-state index in [2.05, 4.69) is 10.0 Å². The van der Waals surface area contributed by atoms with Crippen LogP contribution in [0.25, 0.3) is 0 Å². The van der Waals surface area contributed by atoms with Gasteiger partial charge >= 0.3 is 0 Å². The molecule has 0 aromatic heterocycles. The van der Waals surface area contributed by atoms with Crippen molar-refractivity contribution >= 4 is 15.9 Å². The Morgan fingerprint density at radius 1 is 1.08 bits per heavy atom. The van der Waals surface area contributed by atoms with E-state index in [1.165, 1.54) is 0 Å². The van der Waals surface area contributed by atoms with E-state index in [0.29, 0.717) is 17.9 Å². The summed E-state index contributed by atoms with van der Waals surface area (Å²) in [6, 6.07) is 15.8. The Hall–Kier alpha value is -2.38. The first-order valence-corrected chi connectivity index (χ1v) is 9.68. The van der Waals surface area contributed by atoms with Crippen LogP contribution in [0, 0.1) is 0 Å². The zero-order valence-electron chi connectivity index (χ0n) is 14.2. The highest BCUT2D eigenvalue weighted by Crippen LogP contribution is 2.21. The summed E-state index contributed by atoms with van der Waals surface area (Å²) in [4.78, 5) is 12.2. The molecule has 0 saturated carbocycles. The fourth-order valence-corrected chi connectivity index (χ4v) is 3.11. The monoisotopic (exact) mass is 362 g/mol. The van der Waals surface area contributed by atoms with Gasteiger partial charge in [0.1, 0.15) is 5.75 Å². The Kier molecular flexibility index (Phi) is 6.55. The molecule has 6 nitrogen and oxygen atoms in total. The summed E-state index contributed by atoms with van der Waals surface area (Å²) in [6.45, 7) is 0.397. The molecular weight excluding hydrogens is 340 g/mol. The predicted octanol–water partition coefficient (Wildman–Crippen LogP) is 1.99. The van der Waals surface area contributed by atoms with Crippen molar-refractivity contribution in [2.75, 3.05) is 13.4 Å². The van der Waals surface area contributed by atoms with Gasteiger partial charge in [-0.1, -0.05) is 42.5 Å².